The van der Waals surface area contributed by atoms with E-state index in [2.05, 4.69) is 21.8 Å². The molecule has 2 atom stereocenters. The van der Waals surface area contributed by atoms with E-state index in [9.17, 15) is 0 Å². The predicted molar refractivity (Wildman–Crippen MR) is 68.6 cm³/mol. The summed E-state index contributed by atoms with van der Waals surface area (Å²) in [5, 5.41) is 4.00. The van der Waals surface area contributed by atoms with Crippen LogP contribution in [-0.2, 0) is 11.2 Å². The first-order valence-corrected chi connectivity index (χ1v) is 6.69. The normalized spacial score (nSPS) is 25.1. The number of halogens is 1. The Morgan fingerprint density at radius 3 is 3.12 bits per heavy atom. The minimum absolute atomic E-state index is 0.212. The van der Waals surface area contributed by atoms with Crippen molar-refractivity contribution in [2.24, 2.45) is 0 Å². The van der Waals surface area contributed by atoms with E-state index in [1.165, 1.54) is 0 Å². The highest BCUT2D eigenvalue weighted by Crippen LogP contribution is 2.26. The minimum Gasteiger partial charge on any atom is -0.375 e. The van der Waals surface area contributed by atoms with Crippen LogP contribution in [0.1, 0.15) is 32.0 Å². The van der Waals surface area contributed by atoms with Crippen LogP contribution in [0.5, 0.6) is 0 Å². The molecule has 4 nitrogen and oxygen atoms in total. The molecule has 1 aliphatic rings. The Labute approximate surface area is 107 Å². The van der Waals surface area contributed by atoms with Crippen LogP contribution in [0, 0.1) is 0 Å². The van der Waals surface area contributed by atoms with Crippen LogP contribution in [0.3, 0.4) is 0 Å². The molecule has 2 heterocycles. The third-order valence-corrected chi connectivity index (χ3v) is 3.63. The summed E-state index contributed by atoms with van der Waals surface area (Å²) in [5.74, 6) is 0. The number of hydrogen-bond donors (Lipinski definition) is 1. The van der Waals surface area contributed by atoms with Gasteiger partial charge in [-0.3, -0.25) is 0 Å². The molecule has 1 N–H and O–H groups in total. The lowest BCUT2D eigenvalue weighted by molar-refractivity contribution is 0.00928. The van der Waals surface area contributed by atoms with Crippen LogP contribution in [0.2, 0.25) is 5.15 Å². The van der Waals surface area contributed by atoms with E-state index < -0.39 is 0 Å². The zero-order chi connectivity index (χ0) is 12.3. The van der Waals surface area contributed by atoms with Crippen molar-refractivity contribution >= 4 is 11.6 Å². The Morgan fingerprint density at radius 2 is 2.41 bits per heavy atom. The molecule has 96 valence electrons. The van der Waals surface area contributed by atoms with E-state index in [-0.39, 0.29) is 6.10 Å². The molecule has 1 aromatic heterocycles. The van der Waals surface area contributed by atoms with Crippen LogP contribution in [-0.4, -0.2) is 35.4 Å². The van der Waals surface area contributed by atoms with Gasteiger partial charge in [0.25, 0.3) is 0 Å². The second-order valence-electron chi connectivity index (χ2n) is 4.30. The van der Waals surface area contributed by atoms with Gasteiger partial charge >= 0.3 is 0 Å². The van der Waals surface area contributed by atoms with Gasteiger partial charge in [-0.2, -0.15) is 0 Å². The maximum atomic E-state index is 6.10. The third-order valence-electron chi connectivity index (χ3n) is 3.31. The Kier molecular flexibility index (Phi) is 4.42. The summed E-state index contributed by atoms with van der Waals surface area (Å²) in [6.07, 6.45) is 4.03. The highest BCUT2D eigenvalue weighted by molar-refractivity contribution is 6.30. The van der Waals surface area contributed by atoms with Crippen molar-refractivity contribution in [3.8, 4) is 0 Å². The van der Waals surface area contributed by atoms with E-state index in [1.54, 1.807) is 0 Å². The molecule has 5 heteroatoms. The molecule has 0 radical (unpaired) electrons. The fourth-order valence-electron chi connectivity index (χ4n) is 2.50. The standard InChI is InChI=1S/C12H20ClN3O/c1-3-9-12(13)15-8-16(9)10-5-6-14-7-11(10)17-4-2/h8,10-11,14H,3-7H2,1-2H3/t10-,11+/m0/s1. The first-order valence-electron chi connectivity index (χ1n) is 6.31. The summed E-state index contributed by atoms with van der Waals surface area (Å²) in [7, 11) is 0. The average Bonchev–Trinajstić information content (AvgIpc) is 2.71. The molecule has 1 saturated heterocycles. The van der Waals surface area contributed by atoms with Crippen LogP contribution in [0.15, 0.2) is 6.33 Å². The highest BCUT2D eigenvalue weighted by Gasteiger charge is 2.28. The molecular weight excluding hydrogens is 238 g/mol. The summed E-state index contributed by atoms with van der Waals surface area (Å²) >= 11 is 6.10. The van der Waals surface area contributed by atoms with Gasteiger partial charge in [-0.05, 0) is 26.3 Å². The number of nitrogens with zero attached hydrogens (tertiary/aromatic N) is 2. The molecule has 0 aromatic carbocycles. The first-order chi connectivity index (χ1) is 8.27. The SMILES string of the molecule is CCO[C@@H]1CNCC[C@@H]1n1cnc(Cl)c1CC. The predicted octanol–water partition coefficient (Wildman–Crippen LogP) is 2.04. The summed E-state index contributed by atoms with van der Waals surface area (Å²) in [6.45, 7) is 6.81. The third kappa shape index (κ3) is 2.64. The fourth-order valence-corrected chi connectivity index (χ4v) is 2.77. The van der Waals surface area contributed by atoms with E-state index in [0.717, 1.165) is 38.2 Å². The van der Waals surface area contributed by atoms with Gasteiger partial charge in [-0.25, -0.2) is 4.98 Å². The molecular formula is C12H20ClN3O. The Morgan fingerprint density at radius 1 is 1.59 bits per heavy atom. The smallest absolute Gasteiger partial charge is 0.150 e. The second kappa shape index (κ2) is 5.85. The Bertz CT molecular complexity index is 365. The zero-order valence-electron chi connectivity index (χ0n) is 10.4. The molecule has 1 aliphatic heterocycles. The van der Waals surface area contributed by atoms with E-state index >= 15 is 0 Å². The summed E-state index contributed by atoms with van der Waals surface area (Å²) in [6, 6.07) is 0.353. The van der Waals surface area contributed by atoms with Gasteiger partial charge < -0.3 is 14.6 Å². The number of ether oxygens (including phenoxy) is 1. The lowest BCUT2D eigenvalue weighted by Crippen LogP contribution is -2.43. The van der Waals surface area contributed by atoms with Crippen LogP contribution >= 0.6 is 11.6 Å². The van der Waals surface area contributed by atoms with Crippen molar-refractivity contribution < 1.29 is 4.74 Å². The molecule has 0 spiro atoms. The average molecular weight is 258 g/mol. The zero-order valence-corrected chi connectivity index (χ0v) is 11.2. The number of imidazole rings is 1. The van der Waals surface area contributed by atoms with Crippen LogP contribution in [0.4, 0.5) is 0 Å². The highest BCUT2D eigenvalue weighted by atomic mass is 35.5. The van der Waals surface area contributed by atoms with Gasteiger partial charge in [0.05, 0.1) is 24.2 Å². The largest absolute Gasteiger partial charge is 0.375 e. The number of aromatic nitrogens is 2. The summed E-state index contributed by atoms with van der Waals surface area (Å²) < 4.78 is 8.00. The summed E-state index contributed by atoms with van der Waals surface area (Å²) in [5.41, 5.74) is 1.11. The molecule has 0 aliphatic carbocycles. The van der Waals surface area contributed by atoms with Crippen molar-refractivity contribution in [3.63, 3.8) is 0 Å². The van der Waals surface area contributed by atoms with Gasteiger partial charge in [0, 0.05) is 13.2 Å². The Hall–Kier alpha value is -0.580. The molecule has 17 heavy (non-hydrogen) atoms. The van der Waals surface area contributed by atoms with E-state index in [1.807, 2.05) is 13.3 Å². The van der Waals surface area contributed by atoms with Crippen LogP contribution < -0.4 is 5.32 Å². The quantitative estimate of drug-likeness (QED) is 0.897. The topological polar surface area (TPSA) is 39.1 Å². The fraction of sp³-hybridized carbons (Fsp3) is 0.750. The lowest BCUT2D eigenvalue weighted by Gasteiger charge is -2.33. The van der Waals surface area contributed by atoms with E-state index in [0.29, 0.717) is 11.2 Å². The number of rotatable bonds is 4. The maximum Gasteiger partial charge on any atom is 0.150 e. The van der Waals surface area contributed by atoms with Crippen molar-refractivity contribution in [3.05, 3.63) is 17.2 Å². The molecule has 0 saturated carbocycles. The molecule has 0 unspecified atom stereocenters. The van der Waals surface area contributed by atoms with Crippen molar-refractivity contribution in [2.45, 2.75) is 38.8 Å². The molecule has 0 bridgehead atoms. The van der Waals surface area contributed by atoms with Crippen molar-refractivity contribution in [2.75, 3.05) is 19.7 Å². The molecule has 2 rings (SSSR count). The van der Waals surface area contributed by atoms with Gasteiger partial charge in [0.2, 0.25) is 0 Å². The second-order valence-corrected chi connectivity index (χ2v) is 4.65. The maximum absolute atomic E-state index is 6.10. The number of piperidine rings is 1. The number of nitrogens with one attached hydrogen (secondary N) is 1. The van der Waals surface area contributed by atoms with Gasteiger partial charge in [-0.15, -0.1) is 0 Å². The molecule has 1 aromatic rings. The van der Waals surface area contributed by atoms with E-state index in [4.69, 9.17) is 16.3 Å². The van der Waals surface area contributed by atoms with Crippen LogP contribution in [0.25, 0.3) is 0 Å². The van der Waals surface area contributed by atoms with Crippen molar-refractivity contribution in [1.82, 2.24) is 14.9 Å². The van der Waals surface area contributed by atoms with Gasteiger partial charge in [0.1, 0.15) is 5.15 Å². The minimum atomic E-state index is 0.212. The first kappa shape index (κ1) is 12.9. The van der Waals surface area contributed by atoms with Crippen molar-refractivity contribution in [1.29, 1.82) is 0 Å². The lowest BCUT2D eigenvalue weighted by atomic mass is 10.0. The Balaban J connectivity index is 2.22. The van der Waals surface area contributed by atoms with Gasteiger partial charge in [0.15, 0.2) is 0 Å². The van der Waals surface area contributed by atoms with Gasteiger partial charge in [-0.1, -0.05) is 18.5 Å². The molecule has 1 fully saturated rings. The number of hydrogen-bond acceptors (Lipinski definition) is 3. The molecule has 0 amide bonds. The summed E-state index contributed by atoms with van der Waals surface area (Å²) in [4.78, 5) is 4.21. The monoisotopic (exact) mass is 257 g/mol.